The Balaban J connectivity index is 1.60. The van der Waals surface area contributed by atoms with Crippen LogP contribution in [0.1, 0.15) is 35.7 Å². The van der Waals surface area contributed by atoms with Gasteiger partial charge in [0.1, 0.15) is 5.82 Å². The zero-order valence-electron chi connectivity index (χ0n) is 15.8. The van der Waals surface area contributed by atoms with Crippen LogP contribution in [0.15, 0.2) is 42.5 Å². The number of benzene rings is 2. The van der Waals surface area contributed by atoms with Crippen molar-refractivity contribution < 1.29 is 23.5 Å². The number of carbonyl (C=O) groups is 3. The van der Waals surface area contributed by atoms with Crippen LogP contribution in [0.25, 0.3) is 0 Å². The SMILES string of the molecule is CC(OC(=O)c1cccc(CN2CCCC2=O)c1)C(=O)Nc1ccc(Cl)cc1F. The maximum absolute atomic E-state index is 13.8. The molecule has 1 heterocycles. The van der Waals surface area contributed by atoms with Crippen molar-refractivity contribution in [3.05, 3.63) is 64.4 Å². The van der Waals surface area contributed by atoms with E-state index in [9.17, 15) is 18.8 Å². The maximum Gasteiger partial charge on any atom is 0.338 e. The van der Waals surface area contributed by atoms with Gasteiger partial charge in [-0.25, -0.2) is 9.18 Å². The summed E-state index contributed by atoms with van der Waals surface area (Å²) in [6.07, 6.45) is 0.241. The van der Waals surface area contributed by atoms with Crippen molar-refractivity contribution in [2.75, 3.05) is 11.9 Å². The number of hydrogen-bond acceptors (Lipinski definition) is 4. The van der Waals surface area contributed by atoms with Crippen LogP contribution in [0.4, 0.5) is 10.1 Å². The van der Waals surface area contributed by atoms with E-state index >= 15 is 0 Å². The molecule has 1 aliphatic rings. The highest BCUT2D eigenvalue weighted by Crippen LogP contribution is 2.20. The monoisotopic (exact) mass is 418 g/mol. The minimum absolute atomic E-state index is 0.0559. The number of rotatable bonds is 6. The van der Waals surface area contributed by atoms with E-state index in [4.69, 9.17) is 16.3 Å². The Hall–Kier alpha value is -2.93. The molecule has 2 aromatic rings. The molecule has 0 bridgehead atoms. The summed E-state index contributed by atoms with van der Waals surface area (Å²) in [6.45, 7) is 2.52. The van der Waals surface area contributed by atoms with Gasteiger partial charge >= 0.3 is 5.97 Å². The molecule has 0 radical (unpaired) electrons. The van der Waals surface area contributed by atoms with Gasteiger partial charge in [-0.15, -0.1) is 0 Å². The number of esters is 1. The summed E-state index contributed by atoms with van der Waals surface area (Å²) in [7, 11) is 0. The lowest BCUT2D eigenvalue weighted by molar-refractivity contribution is -0.128. The van der Waals surface area contributed by atoms with E-state index in [0.29, 0.717) is 19.5 Å². The molecular formula is C21H20ClFN2O4. The predicted octanol–water partition coefficient (Wildman–Crippen LogP) is 3.79. The smallest absolute Gasteiger partial charge is 0.338 e. The van der Waals surface area contributed by atoms with Gasteiger partial charge < -0.3 is 15.0 Å². The van der Waals surface area contributed by atoms with Gasteiger partial charge in [0.2, 0.25) is 5.91 Å². The number of nitrogens with zero attached hydrogens (tertiary/aromatic N) is 1. The molecule has 1 unspecified atom stereocenters. The Morgan fingerprint density at radius 2 is 2.07 bits per heavy atom. The van der Waals surface area contributed by atoms with Gasteiger partial charge in [-0.3, -0.25) is 9.59 Å². The van der Waals surface area contributed by atoms with Crippen LogP contribution in [0.2, 0.25) is 5.02 Å². The van der Waals surface area contributed by atoms with E-state index in [2.05, 4.69) is 5.32 Å². The topological polar surface area (TPSA) is 75.7 Å². The van der Waals surface area contributed by atoms with Gasteiger partial charge in [-0.05, 0) is 49.2 Å². The fraction of sp³-hybridized carbons (Fsp3) is 0.286. The molecule has 0 aromatic heterocycles. The summed E-state index contributed by atoms with van der Waals surface area (Å²) in [4.78, 5) is 38.1. The number of likely N-dealkylation sites (tertiary alicyclic amines) is 1. The normalized spacial score (nSPS) is 14.6. The number of hydrogen-bond donors (Lipinski definition) is 1. The molecule has 2 amide bonds. The average molecular weight is 419 g/mol. The maximum atomic E-state index is 13.8. The summed E-state index contributed by atoms with van der Waals surface area (Å²) in [5.74, 6) is -1.94. The van der Waals surface area contributed by atoms with Crippen molar-refractivity contribution in [2.24, 2.45) is 0 Å². The fourth-order valence-corrected chi connectivity index (χ4v) is 3.15. The zero-order valence-corrected chi connectivity index (χ0v) is 16.5. The Bertz CT molecular complexity index is 950. The van der Waals surface area contributed by atoms with Crippen molar-refractivity contribution in [3.63, 3.8) is 0 Å². The standard InChI is InChI=1S/C21H20ClFN2O4/c1-13(20(27)24-18-8-7-16(22)11-17(18)23)29-21(28)15-5-2-4-14(10-15)12-25-9-3-6-19(25)26/h2,4-5,7-8,10-11,13H,3,6,9,12H2,1H3,(H,24,27). The third-order valence-corrected chi connectivity index (χ3v) is 4.78. The van der Waals surface area contributed by atoms with Crippen LogP contribution >= 0.6 is 11.6 Å². The lowest BCUT2D eigenvalue weighted by Gasteiger charge is -2.17. The highest BCUT2D eigenvalue weighted by atomic mass is 35.5. The molecule has 0 aliphatic carbocycles. The number of nitrogens with one attached hydrogen (secondary N) is 1. The molecule has 6 nitrogen and oxygen atoms in total. The molecule has 1 saturated heterocycles. The van der Waals surface area contributed by atoms with Crippen molar-refractivity contribution in [2.45, 2.75) is 32.4 Å². The first-order chi connectivity index (χ1) is 13.8. The van der Waals surface area contributed by atoms with Crippen LogP contribution in [0.5, 0.6) is 0 Å². The van der Waals surface area contributed by atoms with Crippen LogP contribution in [-0.4, -0.2) is 35.3 Å². The molecular weight excluding hydrogens is 399 g/mol. The van der Waals surface area contributed by atoms with Gasteiger partial charge in [0.05, 0.1) is 11.3 Å². The number of anilines is 1. The third-order valence-electron chi connectivity index (χ3n) is 4.55. The number of carbonyl (C=O) groups excluding carboxylic acids is 3. The summed E-state index contributed by atoms with van der Waals surface area (Å²) in [6, 6.07) is 10.6. The Morgan fingerprint density at radius 3 is 2.76 bits per heavy atom. The van der Waals surface area contributed by atoms with E-state index in [1.807, 2.05) is 6.07 Å². The Kier molecular flexibility index (Phi) is 6.49. The molecule has 8 heteroatoms. The molecule has 29 heavy (non-hydrogen) atoms. The van der Waals surface area contributed by atoms with Crippen LogP contribution < -0.4 is 5.32 Å². The highest BCUT2D eigenvalue weighted by Gasteiger charge is 2.22. The predicted molar refractivity (Wildman–Crippen MR) is 106 cm³/mol. The highest BCUT2D eigenvalue weighted by molar-refractivity contribution is 6.30. The Labute approximate surface area is 172 Å². The van der Waals surface area contributed by atoms with E-state index in [1.54, 1.807) is 23.1 Å². The van der Waals surface area contributed by atoms with E-state index < -0.39 is 23.8 Å². The fourth-order valence-electron chi connectivity index (χ4n) is 3.00. The number of amides is 2. The first-order valence-corrected chi connectivity index (χ1v) is 9.55. The molecule has 1 N–H and O–H groups in total. The average Bonchev–Trinajstić information content (AvgIpc) is 3.08. The van der Waals surface area contributed by atoms with E-state index in [-0.39, 0.29) is 22.2 Å². The minimum Gasteiger partial charge on any atom is -0.449 e. The largest absolute Gasteiger partial charge is 0.449 e. The lowest BCUT2D eigenvalue weighted by atomic mass is 10.1. The summed E-state index contributed by atoms with van der Waals surface area (Å²) in [5.41, 5.74) is 1.01. The first-order valence-electron chi connectivity index (χ1n) is 9.17. The van der Waals surface area contributed by atoms with Crippen LogP contribution in [0, 0.1) is 5.82 Å². The molecule has 2 aromatic carbocycles. The van der Waals surface area contributed by atoms with Crippen LogP contribution in [-0.2, 0) is 20.9 Å². The molecule has 0 spiro atoms. The Morgan fingerprint density at radius 1 is 1.28 bits per heavy atom. The van der Waals surface area contributed by atoms with Crippen molar-refractivity contribution in [3.8, 4) is 0 Å². The van der Waals surface area contributed by atoms with E-state index in [1.165, 1.54) is 19.1 Å². The zero-order chi connectivity index (χ0) is 21.0. The second kappa shape index (κ2) is 9.05. The quantitative estimate of drug-likeness (QED) is 0.724. The number of ether oxygens (including phenoxy) is 1. The van der Waals surface area contributed by atoms with Gasteiger partial charge in [-0.2, -0.15) is 0 Å². The first kappa shape index (κ1) is 20.8. The van der Waals surface area contributed by atoms with Crippen molar-refractivity contribution in [1.29, 1.82) is 0 Å². The van der Waals surface area contributed by atoms with Gasteiger partial charge in [0.25, 0.3) is 5.91 Å². The molecule has 1 atom stereocenters. The molecule has 152 valence electrons. The molecule has 1 aliphatic heterocycles. The second-order valence-corrected chi connectivity index (χ2v) is 7.22. The second-order valence-electron chi connectivity index (χ2n) is 6.78. The van der Waals surface area contributed by atoms with Crippen LogP contribution in [0.3, 0.4) is 0 Å². The summed E-state index contributed by atoms with van der Waals surface area (Å²) >= 11 is 5.68. The van der Waals surface area contributed by atoms with Gasteiger partial charge in [0, 0.05) is 24.5 Å². The molecule has 0 saturated carbocycles. The van der Waals surface area contributed by atoms with Gasteiger partial charge in [-0.1, -0.05) is 23.7 Å². The van der Waals surface area contributed by atoms with Crippen molar-refractivity contribution in [1.82, 2.24) is 4.90 Å². The van der Waals surface area contributed by atoms with Gasteiger partial charge in [0.15, 0.2) is 6.10 Å². The minimum atomic E-state index is -1.14. The summed E-state index contributed by atoms with van der Waals surface area (Å²) < 4.78 is 19.0. The molecule has 3 rings (SSSR count). The van der Waals surface area contributed by atoms with Crippen molar-refractivity contribution >= 4 is 35.1 Å². The summed E-state index contributed by atoms with van der Waals surface area (Å²) in [5, 5.41) is 2.57. The van der Waals surface area contributed by atoms with E-state index in [0.717, 1.165) is 18.1 Å². The third kappa shape index (κ3) is 5.32. The lowest BCUT2D eigenvalue weighted by Crippen LogP contribution is -2.30. The number of halogens is 2. The molecule has 1 fully saturated rings.